The Morgan fingerprint density at radius 1 is 1.30 bits per heavy atom. The van der Waals surface area contributed by atoms with E-state index in [0.717, 1.165) is 22.6 Å². The van der Waals surface area contributed by atoms with Gasteiger partial charge in [-0.15, -0.1) is 11.8 Å². The second-order valence-corrected chi connectivity index (χ2v) is 7.11. The van der Waals surface area contributed by atoms with E-state index < -0.39 is 18.0 Å². The van der Waals surface area contributed by atoms with Crippen molar-refractivity contribution < 1.29 is 23.6 Å². The van der Waals surface area contributed by atoms with Crippen LogP contribution in [0.5, 0.6) is 5.75 Å². The van der Waals surface area contributed by atoms with Crippen molar-refractivity contribution in [2.24, 2.45) is 0 Å². The smallest absolute Gasteiger partial charge is 0.316 e. The van der Waals surface area contributed by atoms with Gasteiger partial charge in [-0.05, 0) is 45.4 Å². The van der Waals surface area contributed by atoms with Crippen LogP contribution in [0.3, 0.4) is 0 Å². The van der Waals surface area contributed by atoms with Crippen molar-refractivity contribution in [2.75, 3.05) is 18.2 Å². The fourth-order valence-corrected chi connectivity index (χ4v) is 3.34. The van der Waals surface area contributed by atoms with Crippen LogP contribution in [-0.4, -0.2) is 36.0 Å². The van der Waals surface area contributed by atoms with Crippen LogP contribution in [0.1, 0.15) is 29.5 Å². The minimum absolute atomic E-state index is 0.134. The number of aryl methyl sites for hydroxylation is 3. The van der Waals surface area contributed by atoms with E-state index in [0.29, 0.717) is 17.2 Å². The predicted molar refractivity (Wildman–Crippen MR) is 104 cm³/mol. The predicted octanol–water partition coefficient (Wildman–Crippen LogP) is 3.41. The molecule has 8 heteroatoms. The molecule has 2 aromatic rings. The number of carbonyl (C=O) groups is 2. The molecule has 0 aliphatic carbocycles. The SMILES string of the molecule is COc1ccc(C)cc1NC(=O)C(C)OC(=O)CSCc1c(C)noc1C. The number of aromatic nitrogens is 1. The lowest BCUT2D eigenvalue weighted by Crippen LogP contribution is -2.30. The highest BCUT2D eigenvalue weighted by Gasteiger charge is 2.19. The third-order valence-corrected chi connectivity index (χ3v) is 4.87. The van der Waals surface area contributed by atoms with Gasteiger partial charge in [0, 0.05) is 11.3 Å². The van der Waals surface area contributed by atoms with Gasteiger partial charge >= 0.3 is 5.97 Å². The number of carbonyl (C=O) groups excluding carboxylic acids is 2. The average Bonchev–Trinajstić information content (AvgIpc) is 2.93. The monoisotopic (exact) mass is 392 g/mol. The fraction of sp³-hybridized carbons (Fsp3) is 0.421. The summed E-state index contributed by atoms with van der Waals surface area (Å²) in [4.78, 5) is 24.3. The summed E-state index contributed by atoms with van der Waals surface area (Å²) in [6, 6.07) is 5.45. The topological polar surface area (TPSA) is 90.7 Å². The minimum Gasteiger partial charge on any atom is -0.495 e. The van der Waals surface area contributed by atoms with Gasteiger partial charge in [0.05, 0.1) is 24.2 Å². The van der Waals surface area contributed by atoms with Gasteiger partial charge in [-0.1, -0.05) is 11.2 Å². The van der Waals surface area contributed by atoms with Crippen molar-refractivity contribution in [1.82, 2.24) is 5.16 Å². The molecule has 0 saturated heterocycles. The number of benzene rings is 1. The van der Waals surface area contributed by atoms with Gasteiger partial charge in [-0.3, -0.25) is 9.59 Å². The van der Waals surface area contributed by atoms with E-state index in [4.69, 9.17) is 14.0 Å². The van der Waals surface area contributed by atoms with Gasteiger partial charge in [0.2, 0.25) is 0 Å². The molecular formula is C19H24N2O5S. The summed E-state index contributed by atoms with van der Waals surface area (Å²) in [5.41, 5.74) is 3.31. The molecule has 1 aromatic carbocycles. The zero-order valence-corrected chi connectivity index (χ0v) is 16.9. The van der Waals surface area contributed by atoms with Crippen LogP contribution >= 0.6 is 11.8 Å². The highest BCUT2D eigenvalue weighted by Crippen LogP contribution is 2.25. The molecule has 1 unspecified atom stereocenters. The molecular weight excluding hydrogens is 368 g/mol. The molecule has 2 rings (SSSR count). The summed E-state index contributed by atoms with van der Waals surface area (Å²) >= 11 is 1.39. The highest BCUT2D eigenvalue weighted by atomic mass is 32.2. The normalized spacial score (nSPS) is 11.7. The first-order valence-electron chi connectivity index (χ1n) is 8.46. The van der Waals surface area contributed by atoms with Gasteiger partial charge in [0.1, 0.15) is 11.5 Å². The first-order chi connectivity index (χ1) is 12.8. The van der Waals surface area contributed by atoms with E-state index in [1.54, 1.807) is 12.1 Å². The Balaban J connectivity index is 1.83. The number of ether oxygens (including phenoxy) is 2. The lowest BCUT2D eigenvalue weighted by atomic mass is 10.2. The second-order valence-electron chi connectivity index (χ2n) is 6.12. The quantitative estimate of drug-likeness (QED) is 0.688. The number of nitrogens with one attached hydrogen (secondary N) is 1. The van der Waals surface area contributed by atoms with E-state index in [1.165, 1.54) is 25.8 Å². The summed E-state index contributed by atoms with van der Waals surface area (Å²) in [6.07, 6.45) is -0.914. The van der Waals surface area contributed by atoms with E-state index in [1.807, 2.05) is 26.8 Å². The van der Waals surface area contributed by atoms with Crippen LogP contribution in [-0.2, 0) is 20.1 Å². The molecule has 0 fully saturated rings. The number of methoxy groups -OCH3 is 1. The Hall–Kier alpha value is -2.48. The largest absolute Gasteiger partial charge is 0.495 e. The molecule has 7 nitrogen and oxygen atoms in total. The number of anilines is 1. The molecule has 0 aliphatic rings. The number of hydrogen-bond donors (Lipinski definition) is 1. The third-order valence-electron chi connectivity index (χ3n) is 3.94. The van der Waals surface area contributed by atoms with Gasteiger partial charge in [0.25, 0.3) is 5.91 Å². The number of amides is 1. The maximum Gasteiger partial charge on any atom is 0.316 e. The first-order valence-corrected chi connectivity index (χ1v) is 9.61. The number of rotatable bonds is 8. The molecule has 1 N–H and O–H groups in total. The Morgan fingerprint density at radius 2 is 2.04 bits per heavy atom. The van der Waals surface area contributed by atoms with Crippen molar-refractivity contribution in [3.63, 3.8) is 0 Å². The van der Waals surface area contributed by atoms with Gasteiger partial charge < -0.3 is 19.3 Å². The lowest BCUT2D eigenvalue weighted by Gasteiger charge is -2.15. The molecule has 0 spiro atoms. The molecule has 146 valence electrons. The molecule has 1 atom stereocenters. The summed E-state index contributed by atoms with van der Waals surface area (Å²) < 4.78 is 15.5. The standard InChI is InChI=1S/C19H24N2O5S/c1-11-6-7-17(24-5)16(8-11)20-19(23)14(4)25-18(22)10-27-9-15-12(2)21-26-13(15)3/h6-8,14H,9-10H2,1-5H3,(H,20,23). The van der Waals surface area contributed by atoms with Crippen molar-refractivity contribution in [3.8, 4) is 5.75 Å². The lowest BCUT2D eigenvalue weighted by molar-refractivity contribution is -0.150. The summed E-state index contributed by atoms with van der Waals surface area (Å²) in [7, 11) is 1.53. The van der Waals surface area contributed by atoms with Crippen molar-refractivity contribution in [1.29, 1.82) is 0 Å². The van der Waals surface area contributed by atoms with E-state index in [-0.39, 0.29) is 5.75 Å². The molecule has 0 saturated carbocycles. The number of thioether (sulfide) groups is 1. The molecule has 1 heterocycles. The number of esters is 1. The Kier molecular flexibility index (Phi) is 7.29. The molecule has 27 heavy (non-hydrogen) atoms. The summed E-state index contributed by atoms with van der Waals surface area (Å²) in [5.74, 6) is 1.15. The van der Waals surface area contributed by atoms with Crippen LogP contribution < -0.4 is 10.1 Å². The van der Waals surface area contributed by atoms with Gasteiger partial charge in [0.15, 0.2) is 6.10 Å². The summed E-state index contributed by atoms with van der Waals surface area (Å²) in [5, 5.41) is 6.61. The maximum atomic E-state index is 12.3. The average molecular weight is 392 g/mol. The Labute approximate surface area is 162 Å². The third kappa shape index (κ3) is 5.75. The summed E-state index contributed by atoms with van der Waals surface area (Å²) in [6.45, 7) is 7.14. The fourth-order valence-electron chi connectivity index (χ4n) is 2.38. The van der Waals surface area contributed by atoms with Gasteiger partial charge in [-0.2, -0.15) is 0 Å². The van der Waals surface area contributed by atoms with Crippen molar-refractivity contribution in [3.05, 3.63) is 40.8 Å². The zero-order chi connectivity index (χ0) is 20.0. The molecule has 0 bridgehead atoms. The van der Waals surface area contributed by atoms with Crippen LogP contribution in [0, 0.1) is 20.8 Å². The minimum atomic E-state index is -0.914. The van der Waals surface area contributed by atoms with Crippen LogP contribution in [0.2, 0.25) is 0 Å². The number of hydrogen-bond acceptors (Lipinski definition) is 7. The second kappa shape index (κ2) is 9.45. The maximum absolute atomic E-state index is 12.3. The van der Waals surface area contributed by atoms with Crippen molar-refractivity contribution in [2.45, 2.75) is 39.6 Å². The molecule has 1 amide bonds. The van der Waals surface area contributed by atoms with E-state index >= 15 is 0 Å². The van der Waals surface area contributed by atoms with Gasteiger partial charge in [-0.25, -0.2) is 0 Å². The number of nitrogens with zero attached hydrogens (tertiary/aromatic N) is 1. The molecule has 0 aliphatic heterocycles. The van der Waals surface area contributed by atoms with Crippen molar-refractivity contribution >= 4 is 29.3 Å². The van der Waals surface area contributed by atoms with E-state index in [9.17, 15) is 9.59 Å². The van der Waals surface area contributed by atoms with Crippen LogP contribution in [0.15, 0.2) is 22.7 Å². The molecule has 0 radical (unpaired) electrons. The van der Waals surface area contributed by atoms with Crippen LogP contribution in [0.4, 0.5) is 5.69 Å². The Morgan fingerprint density at radius 3 is 2.67 bits per heavy atom. The van der Waals surface area contributed by atoms with E-state index in [2.05, 4.69) is 10.5 Å². The molecule has 1 aromatic heterocycles. The van der Waals surface area contributed by atoms with Crippen LogP contribution in [0.25, 0.3) is 0 Å². The first kappa shape index (κ1) is 20.8. The zero-order valence-electron chi connectivity index (χ0n) is 16.1. The Bertz CT molecular complexity index is 799. The highest BCUT2D eigenvalue weighted by molar-refractivity contribution is 7.99.